The van der Waals surface area contributed by atoms with Crippen LogP contribution in [0.4, 0.5) is 0 Å². The molecule has 0 aromatic heterocycles. The number of nitrogens with one attached hydrogen (secondary N) is 1. The molecular weight excluding hydrogens is 312 g/mol. The molecule has 1 aliphatic rings. The summed E-state index contributed by atoms with van der Waals surface area (Å²) in [6.45, 7) is 6.20. The van der Waals surface area contributed by atoms with Gasteiger partial charge in [-0.05, 0) is 48.4 Å². The number of hydrogen-bond acceptors (Lipinski definition) is 3. The monoisotopic (exact) mass is 336 g/mol. The summed E-state index contributed by atoms with van der Waals surface area (Å²) in [4.78, 5) is 12.1. The molecule has 1 aliphatic carbocycles. The number of rotatable bonds is 5. The third kappa shape index (κ3) is 4.08. The van der Waals surface area contributed by atoms with Gasteiger partial charge in [0, 0.05) is 5.56 Å². The Morgan fingerprint density at radius 1 is 1.20 bits per heavy atom. The Balaban J connectivity index is 1.61. The van der Waals surface area contributed by atoms with E-state index in [4.69, 9.17) is 4.74 Å². The summed E-state index contributed by atoms with van der Waals surface area (Å²) in [7, 11) is 0. The van der Waals surface area contributed by atoms with E-state index in [0.717, 1.165) is 41.0 Å². The number of ether oxygens (including phenoxy) is 1. The van der Waals surface area contributed by atoms with E-state index in [-0.39, 0.29) is 12.5 Å². The van der Waals surface area contributed by atoms with Crippen LogP contribution in [-0.2, 0) is 11.2 Å². The van der Waals surface area contributed by atoms with Gasteiger partial charge in [-0.1, -0.05) is 50.2 Å². The van der Waals surface area contributed by atoms with Crippen LogP contribution < -0.4 is 10.2 Å². The molecule has 0 unspecified atom stereocenters. The highest BCUT2D eigenvalue weighted by Crippen LogP contribution is 2.27. The van der Waals surface area contributed by atoms with Gasteiger partial charge in [0.25, 0.3) is 5.91 Å². The summed E-state index contributed by atoms with van der Waals surface area (Å²) < 4.78 is 5.74. The van der Waals surface area contributed by atoms with Crippen LogP contribution in [0.5, 0.6) is 5.75 Å². The SMILES string of the molecule is Cc1ccc(C(C)C)c(OCC(=O)NN=C2CCc3ccccc32)c1. The van der Waals surface area contributed by atoms with E-state index in [1.54, 1.807) is 0 Å². The first kappa shape index (κ1) is 17.2. The summed E-state index contributed by atoms with van der Waals surface area (Å²) in [5.41, 5.74) is 8.19. The largest absolute Gasteiger partial charge is 0.483 e. The molecule has 0 bridgehead atoms. The van der Waals surface area contributed by atoms with E-state index in [1.165, 1.54) is 5.56 Å². The van der Waals surface area contributed by atoms with E-state index >= 15 is 0 Å². The lowest BCUT2D eigenvalue weighted by Crippen LogP contribution is -2.26. The van der Waals surface area contributed by atoms with Crippen molar-refractivity contribution in [2.24, 2.45) is 5.10 Å². The van der Waals surface area contributed by atoms with Crippen molar-refractivity contribution in [1.29, 1.82) is 0 Å². The number of amides is 1. The molecule has 4 heteroatoms. The fourth-order valence-corrected chi connectivity index (χ4v) is 3.07. The third-order valence-corrected chi connectivity index (χ3v) is 4.42. The predicted molar refractivity (Wildman–Crippen MR) is 100 cm³/mol. The topological polar surface area (TPSA) is 50.7 Å². The quantitative estimate of drug-likeness (QED) is 0.840. The smallest absolute Gasteiger partial charge is 0.277 e. The van der Waals surface area contributed by atoms with Crippen LogP contribution in [0.2, 0.25) is 0 Å². The standard InChI is InChI=1S/C21H24N2O2/c1-14(2)17-10-8-15(3)12-20(17)25-13-21(24)23-22-19-11-9-16-6-4-5-7-18(16)19/h4-8,10,12,14H,9,11,13H2,1-3H3,(H,23,24). The van der Waals surface area contributed by atoms with Crippen LogP contribution >= 0.6 is 0 Å². The molecule has 0 heterocycles. The molecule has 2 aromatic rings. The molecule has 0 spiro atoms. The highest BCUT2D eigenvalue weighted by Gasteiger charge is 2.17. The van der Waals surface area contributed by atoms with Crippen LogP contribution in [0.25, 0.3) is 0 Å². The highest BCUT2D eigenvalue weighted by molar-refractivity contribution is 6.04. The molecule has 1 N–H and O–H groups in total. The lowest BCUT2D eigenvalue weighted by Gasteiger charge is -2.14. The molecular formula is C21H24N2O2. The van der Waals surface area contributed by atoms with Gasteiger partial charge >= 0.3 is 0 Å². The van der Waals surface area contributed by atoms with Crippen molar-refractivity contribution in [3.8, 4) is 5.75 Å². The molecule has 130 valence electrons. The zero-order chi connectivity index (χ0) is 17.8. The molecule has 4 nitrogen and oxygen atoms in total. The third-order valence-electron chi connectivity index (χ3n) is 4.42. The molecule has 3 rings (SSSR count). The van der Waals surface area contributed by atoms with Gasteiger partial charge in [-0.15, -0.1) is 0 Å². The fourth-order valence-electron chi connectivity index (χ4n) is 3.07. The van der Waals surface area contributed by atoms with E-state index in [2.05, 4.69) is 42.6 Å². The van der Waals surface area contributed by atoms with Gasteiger partial charge in [-0.3, -0.25) is 4.79 Å². The van der Waals surface area contributed by atoms with Crippen LogP contribution in [0.1, 0.15) is 48.4 Å². The molecule has 2 aromatic carbocycles. The zero-order valence-corrected chi connectivity index (χ0v) is 15.0. The van der Waals surface area contributed by atoms with E-state index < -0.39 is 0 Å². The van der Waals surface area contributed by atoms with Crippen LogP contribution in [0.15, 0.2) is 47.6 Å². The Kier molecular flexibility index (Phi) is 5.17. The first-order valence-corrected chi connectivity index (χ1v) is 8.71. The summed E-state index contributed by atoms with van der Waals surface area (Å²) in [6, 6.07) is 14.3. The Morgan fingerprint density at radius 3 is 2.80 bits per heavy atom. The summed E-state index contributed by atoms with van der Waals surface area (Å²) >= 11 is 0. The Morgan fingerprint density at radius 2 is 2.00 bits per heavy atom. The van der Waals surface area contributed by atoms with Crippen molar-refractivity contribution in [3.63, 3.8) is 0 Å². The molecule has 0 saturated carbocycles. The second-order valence-corrected chi connectivity index (χ2v) is 6.74. The highest BCUT2D eigenvalue weighted by atomic mass is 16.5. The lowest BCUT2D eigenvalue weighted by atomic mass is 10.0. The molecule has 25 heavy (non-hydrogen) atoms. The number of carbonyl (C=O) groups is 1. The van der Waals surface area contributed by atoms with Gasteiger partial charge in [0.15, 0.2) is 6.61 Å². The van der Waals surface area contributed by atoms with Gasteiger partial charge in [-0.25, -0.2) is 5.43 Å². The maximum atomic E-state index is 12.1. The lowest BCUT2D eigenvalue weighted by molar-refractivity contribution is -0.123. The summed E-state index contributed by atoms with van der Waals surface area (Å²) in [6.07, 6.45) is 1.83. The van der Waals surface area contributed by atoms with Gasteiger partial charge in [0.1, 0.15) is 5.75 Å². The number of benzene rings is 2. The normalized spacial score (nSPS) is 14.6. The Hall–Kier alpha value is -2.62. The maximum absolute atomic E-state index is 12.1. The predicted octanol–water partition coefficient (Wildman–Crippen LogP) is 3.96. The van der Waals surface area contributed by atoms with Crippen molar-refractivity contribution in [2.45, 2.75) is 39.5 Å². The average Bonchev–Trinajstić information content (AvgIpc) is 3.01. The van der Waals surface area contributed by atoms with Crippen molar-refractivity contribution >= 4 is 11.6 Å². The molecule has 0 atom stereocenters. The minimum Gasteiger partial charge on any atom is -0.483 e. The minimum atomic E-state index is -0.243. The Bertz CT molecular complexity index is 809. The molecule has 0 radical (unpaired) electrons. The Labute approximate surface area is 148 Å². The van der Waals surface area contributed by atoms with Crippen LogP contribution in [0.3, 0.4) is 0 Å². The number of nitrogens with zero attached hydrogens (tertiary/aromatic N) is 1. The van der Waals surface area contributed by atoms with Gasteiger partial charge < -0.3 is 4.74 Å². The van der Waals surface area contributed by atoms with E-state index in [9.17, 15) is 4.79 Å². The summed E-state index contributed by atoms with van der Waals surface area (Å²) in [5.74, 6) is 0.867. The van der Waals surface area contributed by atoms with Crippen molar-refractivity contribution in [2.75, 3.05) is 6.61 Å². The molecule has 1 amide bonds. The van der Waals surface area contributed by atoms with Crippen LogP contribution in [-0.4, -0.2) is 18.2 Å². The number of fused-ring (bicyclic) bond motifs is 1. The average molecular weight is 336 g/mol. The number of aryl methyl sites for hydroxylation is 2. The van der Waals surface area contributed by atoms with Crippen LogP contribution in [0, 0.1) is 6.92 Å². The van der Waals surface area contributed by atoms with Crippen molar-refractivity contribution in [3.05, 3.63) is 64.7 Å². The second-order valence-electron chi connectivity index (χ2n) is 6.74. The van der Waals surface area contributed by atoms with Crippen molar-refractivity contribution < 1.29 is 9.53 Å². The minimum absolute atomic E-state index is 0.0401. The molecule has 0 fully saturated rings. The van der Waals surface area contributed by atoms with Gasteiger partial charge in [-0.2, -0.15) is 5.10 Å². The van der Waals surface area contributed by atoms with Gasteiger partial charge in [0.05, 0.1) is 5.71 Å². The maximum Gasteiger partial charge on any atom is 0.277 e. The zero-order valence-electron chi connectivity index (χ0n) is 15.0. The molecule has 0 aliphatic heterocycles. The first-order valence-electron chi connectivity index (χ1n) is 8.71. The number of hydrazone groups is 1. The number of carbonyl (C=O) groups excluding carboxylic acids is 1. The molecule has 0 saturated heterocycles. The van der Waals surface area contributed by atoms with Gasteiger partial charge in [0.2, 0.25) is 0 Å². The van der Waals surface area contributed by atoms with Crippen molar-refractivity contribution in [1.82, 2.24) is 5.43 Å². The second kappa shape index (κ2) is 7.51. The van der Waals surface area contributed by atoms with E-state index in [1.807, 2.05) is 31.2 Å². The summed E-state index contributed by atoms with van der Waals surface area (Å²) in [5, 5.41) is 4.29. The van der Waals surface area contributed by atoms with E-state index in [0.29, 0.717) is 5.92 Å². The number of hydrogen-bond donors (Lipinski definition) is 1. The fraction of sp³-hybridized carbons (Fsp3) is 0.333. The first-order chi connectivity index (χ1) is 12.0.